The van der Waals surface area contributed by atoms with Crippen molar-refractivity contribution in [2.45, 2.75) is 18.0 Å². The van der Waals surface area contributed by atoms with Crippen molar-refractivity contribution in [2.75, 3.05) is 20.3 Å². The van der Waals surface area contributed by atoms with E-state index in [9.17, 15) is 5.11 Å². The van der Waals surface area contributed by atoms with Crippen molar-refractivity contribution in [2.24, 2.45) is 0 Å². The lowest BCUT2D eigenvalue weighted by Crippen LogP contribution is -2.43. The summed E-state index contributed by atoms with van der Waals surface area (Å²) in [6, 6.07) is 1.61. The van der Waals surface area contributed by atoms with E-state index in [0.29, 0.717) is 11.0 Å². The number of rotatable bonds is 3. The molecule has 1 aliphatic heterocycles. The Morgan fingerprint density at radius 3 is 3.20 bits per heavy atom. The second-order valence-electron chi connectivity index (χ2n) is 4.66. The molecule has 6 nitrogen and oxygen atoms in total. The number of fused-ring (bicyclic) bond motifs is 1. The van der Waals surface area contributed by atoms with Gasteiger partial charge in [-0.3, -0.25) is 4.57 Å². The summed E-state index contributed by atoms with van der Waals surface area (Å²) in [5, 5.41) is 10.9. The number of aliphatic hydroxyl groups excluding tert-OH is 1. The summed E-state index contributed by atoms with van der Waals surface area (Å²) in [6.07, 6.45) is 0.651. The Labute approximate surface area is 119 Å². The molecule has 8 heteroatoms. The molecule has 3 heterocycles. The first-order chi connectivity index (χ1) is 9.58. The third-order valence-electron chi connectivity index (χ3n) is 3.47. The van der Waals surface area contributed by atoms with Crippen LogP contribution in [0.1, 0.15) is 0 Å². The molecule has 1 fully saturated rings. The highest BCUT2D eigenvalue weighted by atomic mass is 35.5. The van der Waals surface area contributed by atoms with Crippen molar-refractivity contribution in [1.29, 1.82) is 0 Å². The van der Waals surface area contributed by atoms with E-state index in [-0.39, 0.29) is 18.4 Å². The maximum absolute atomic E-state index is 15.1. The third-order valence-corrected chi connectivity index (χ3v) is 3.77. The number of methoxy groups -OCH3 is 1. The summed E-state index contributed by atoms with van der Waals surface area (Å²) in [7, 11) is 1.46. The average Bonchev–Trinajstić information content (AvgIpc) is 2.98. The Hall–Kier alpha value is -1.28. The van der Waals surface area contributed by atoms with Gasteiger partial charge in [0.1, 0.15) is 35.9 Å². The largest absolute Gasteiger partial charge is 0.385 e. The van der Waals surface area contributed by atoms with Gasteiger partial charge in [0.25, 0.3) is 0 Å². The zero-order valence-electron chi connectivity index (χ0n) is 10.7. The van der Waals surface area contributed by atoms with E-state index in [1.165, 1.54) is 24.2 Å². The Morgan fingerprint density at radius 2 is 2.45 bits per heavy atom. The fourth-order valence-corrected chi connectivity index (χ4v) is 2.61. The summed E-state index contributed by atoms with van der Waals surface area (Å²) in [4.78, 5) is 7.86. The van der Waals surface area contributed by atoms with Gasteiger partial charge in [0, 0.05) is 13.3 Å². The van der Waals surface area contributed by atoms with Gasteiger partial charge in [-0.2, -0.15) is 0 Å². The van der Waals surface area contributed by atoms with Crippen LogP contribution in [-0.2, 0) is 15.3 Å². The lowest BCUT2D eigenvalue weighted by atomic mass is 10.1. The minimum Gasteiger partial charge on any atom is -0.385 e. The predicted octanol–water partition coefficient (Wildman–Crippen LogP) is 1.11. The molecule has 108 valence electrons. The summed E-state index contributed by atoms with van der Waals surface area (Å²) in [5.74, 6) is -2.11. The summed E-state index contributed by atoms with van der Waals surface area (Å²) >= 11 is 5.94. The van der Waals surface area contributed by atoms with Crippen LogP contribution in [0.25, 0.3) is 11.0 Å². The van der Waals surface area contributed by atoms with Crippen molar-refractivity contribution < 1.29 is 19.0 Å². The van der Waals surface area contributed by atoms with Crippen LogP contribution in [0.2, 0.25) is 5.15 Å². The average molecular weight is 302 g/mol. The normalized spacial score (nSPS) is 30.2. The number of aliphatic hydroxyl groups is 1. The van der Waals surface area contributed by atoms with Crippen LogP contribution >= 0.6 is 11.6 Å². The van der Waals surface area contributed by atoms with E-state index < -0.39 is 18.0 Å². The first kappa shape index (κ1) is 13.7. The van der Waals surface area contributed by atoms with Crippen molar-refractivity contribution in [3.8, 4) is 0 Å². The summed E-state index contributed by atoms with van der Waals surface area (Å²) in [6.45, 7) is -0.171. The van der Waals surface area contributed by atoms with Crippen LogP contribution in [0.5, 0.6) is 0 Å². The molecule has 2 aromatic rings. The smallest absolute Gasteiger partial charge is 0.239 e. The molecule has 0 amide bonds. The quantitative estimate of drug-likeness (QED) is 0.860. The maximum atomic E-state index is 15.1. The second kappa shape index (κ2) is 4.92. The number of hydrogen-bond acceptors (Lipinski definition) is 5. The number of ether oxygens (including phenoxy) is 2. The van der Waals surface area contributed by atoms with Gasteiger partial charge in [-0.1, -0.05) is 11.6 Å². The van der Waals surface area contributed by atoms with Crippen molar-refractivity contribution in [1.82, 2.24) is 14.5 Å². The van der Waals surface area contributed by atoms with Gasteiger partial charge in [-0.05, 0) is 6.07 Å². The highest BCUT2D eigenvalue weighted by Gasteiger charge is 2.52. The minimum atomic E-state index is -2.11. The molecule has 0 aromatic carbocycles. The number of aromatic nitrogens is 3. The molecule has 0 aliphatic carbocycles. The number of alkyl halides is 1. The van der Waals surface area contributed by atoms with Crippen LogP contribution in [0.15, 0.2) is 18.6 Å². The van der Waals surface area contributed by atoms with Crippen LogP contribution in [0.3, 0.4) is 0 Å². The number of halogens is 2. The van der Waals surface area contributed by atoms with Crippen molar-refractivity contribution in [3.63, 3.8) is 0 Å². The standard InChI is InChI=1S/C12H13ClFN3O3/c1-19-4-8-9(18)12(14,5-20-8)17-3-2-7-10(13)15-6-16-11(7)17/h2-3,6,8-9,18H,4-5H2,1H3. The highest BCUT2D eigenvalue weighted by Crippen LogP contribution is 2.36. The fraction of sp³-hybridized carbons (Fsp3) is 0.500. The lowest BCUT2D eigenvalue weighted by molar-refractivity contribution is -0.0499. The highest BCUT2D eigenvalue weighted by molar-refractivity contribution is 6.33. The van der Waals surface area contributed by atoms with Gasteiger partial charge >= 0.3 is 0 Å². The van der Waals surface area contributed by atoms with Crippen LogP contribution in [0.4, 0.5) is 4.39 Å². The molecular formula is C12H13ClFN3O3. The van der Waals surface area contributed by atoms with E-state index in [4.69, 9.17) is 21.1 Å². The first-order valence-electron chi connectivity index (χ1n) is 6.03. The molecular weight excluding hydrogens is 289 g/mol. The van der Waals surface area contributed by atoms with Gasteiger partial charge < -0.3 is 14.6 Å². The zero-order chi connectivity index (χ0) is 14.3. The topological polar surface area (TPSA) is 69.4 Å². The Kier molecular flexibility index (Phi) is 3.37. The van der Waals surface area contributed by atoms with Gasteiger partial charge in [0.15, 0.2) is 0 Å². The predicted molar refractivity (Wildman–Crippen MR) is 69.2 cm³/mol. The first-order valence-corrected chi connectivity index (χ1v) is 6.41. The van der Waals surface area contributed by atoms with E-state index in [2.05, 4.69) is 9.97 Å². The molecule has 3 unspecified atom stereocenters. The molecule has 0 spiro atoms. The molecule has 2 aromatic heterocycles. The number of hydrogen-bond donors (Lipinski definition) is 1. The molecule has 20 heavy (non-hydrogen) atoms. The molecule has 3 rings (SSSR count). The monoisotopic (exact) mass is 301 g/mol. The van der Waals surface area contributed by atoms with E-state index in [0.717, 1.165) is 0 Å². The second-order valence-corrected chi connectivity index (χ2v) is 5.01. The van der Waals surface area contributed by atoms with Crippen LogP contribution in [-0.4, -0.2) is 52.2 Å². The van der Waals surface area contributed by atoms with Gasteiger partial charge in [0.2, 0.25) is 5.79 Å². The molecule has 1 aliphatic rings. The SMILES string of the molecule is COCC1OCC(F)(n2ccc3c(Cl)ncnc32)C1O. The van der Waals surface area contributed by atoms with Crippen LogP contribution < -0.4 is 0 Å². The van der Waals surface area contributed by atoms with E-state index in [1.54, 1.807) is 6.07 Å². The lowest BCUT2D eigenvalue weighted by Gasteiger charge is -2.25. The van der Waals surface area contributed by atoms with Crippen molar-refractivity contribution >= 4 is 22.6 Å². The van der Waals surface area contributed by atoms with E-state index >= 15 is 4.39 Å². The molecule has 1 saturated heterocycles. The third kappa shape index (κ3) is 1.89. The van der Waals surface area contributed by atoms with Crippen molar-refractivity contribution in [3.05, 3.63) is 23.7 Å². The number of nitrogens with zero attached hydrogens (tertiary/aromatic N) is 3. The van der Waals surface area contributed by atoms with Gasteiger partial charge in [0.05, 0.1) is 12.0 Å². The molecule has 0 saturated carbocycles. The summed E-state index contributed by atoms with van der Waals surface area (Å²) in [5.41, 5.74) is 0.313. The Bertz CT molecular complexity index is 637. The van der Waals surface area contributed by atoms with E-state index in [1.807, 2.05) is 0 Å². The molecule has 0 radical (unpaired) electrons. The summed E-state index contributed by atoms with van der Waals surface area (Å²) < 4.78 is 26.6. The van der Waals surface area contributed by atoms with Crippen LogP contribution in [0, 0.1) is 0 Å². The van der Waals surface area contributed by atoms with Gasteiger partial charge in [-0.15, -0.1) is 0 Å². The minimum absolute atomic E-state index is 0.113. The molecule has 3 atom stereocenters. The Balaban J connectivity index is 2.04. The Morgan fingerprint density at radius 1 is 1.65 bits per heavy atom. The molecule has 1 N–H and O–H groups in total. The van der Waals surface area contributed by atoms with Gasteiger partial charge in [-0.25, -0.2) is 14.4 Å². The maximum Gasteiger partial charge on any atom is 0.239 e. The fourth-order valence-electron chi connectivity index (χ4n) is 2.42. The molecule has 0 bridgehead atoms. The zero-order valence-corrected chi connectivity index (χ0v) is 11.4.